The molecule has 1 heterocycles. The Balaban J connectivity index is 1.59. The summed E-state index contributed by atoms with van der Waals surface area (Å²) in [5.74, 6) is 0.0495. The molecule has 4 nitrogen and oxygen atoms in total. The molecule has 2 aromatic carbocycles. The molecule has 1 N–H and O–H groups in total. The summed E-state index contributed by atoms with van der Waals surface area (Å²) in [7, 11) is 0. The molecular weight excluding hydrogens is 391 g/mol. The van der Waals surface area contributed by atoms with E-state index in [0.717, 1.165) is 17.7 Å². The average molecular weight is 407 g/mol. The normalized spacial score (nSPS) is 10.6. The Hall–Kier alpha value is -2.08. The molecule has 3 rings (SSSR count). The fourth-order valence-corrected chi connectivity index (χ4v) is 3.33. The highest BCUT2D eigenvalue weighted by Crippen LogP contribution is 2.28. The molecule has 7 heteroatoms. The Morgan fingerprint density at radius 1 is 1.19 bits per heavy atom. The van der Waals surface area contributed by atoms with E-state index in [0.29, 0.717) is 20.9 Å². The van der Waals surface area contributed by atoms with E-state index in [2.05, 4.69) is 29.4 Å². The maximum atomic E-state index is 12.1. The first-order chi connectivity index (χ1) is 12.5. The third-order valence-electron chi connectivity index (χ3n) is 3.66. The van der Waals surface area contributed by atoms with Crippen LogP contribution >= 0.6 is 34.5 Å². The van der Waals surface area contributed by atoms with E-state index in [9.17, 15) is 4.79 Å². The van der Waals surface area contributed by atoms with Crippen molar-refractivity contribution in [2.24, 2.45) is 0 Å². The zero-order valence-electron chi connectivity index (χ0n) is 14.0. The highest BCUT2D eigenvalue weighted by atomic mass is 35.5. The maximum absolute atomic E-state index is 12.1. The van der Waals surface area contributed by atoms with E-state index in [-0.39, 0.29) is 12.5 Å². The van der Waals surface area contributed by atoms with Crippen molar-refractivity contribution in [1.29, 1.82) is 0 Å². The fourth-order valence-electron chi connectivity index (χ4n) is 2.26. The smallest absolute Gasteiger partial charge is 0.264 e. The summed E-state index contributed by atoms with van der Waals surface area (Å²) in [6.07, 6.45) is 0.995. The number of nitrogens with one attached hydrogen (secondary N) is 1. The standard InChI is InChI=1S/C19H16Cl2N2O2S/c1-2-12-3-5-13(6-4-12)16-11-26-19(22-16)23-18(24)10-25-17-9-14(20)7-8-15(17)21/h3-9,11H,2,10H2,1H3,(H,22,23,24). The number of hydrogen-bond acceptors (Lipinski definition) is 4. The van der Waals surface area contributed by atoms with E-state index in [1.807, 2.05) is 17.5 Å². The predicted octanol–water partition coefficient (Wildman–Crippen LogP) is 5.70. The lowest BCUT2D eigenvalue weighted by Crippen LogP contribution is -2.20. The van der Waals surface area contributed by atoms with Gasteiger partial charge < -0.3 is 4.74 Å². The molecule has 0 saturated heterocycles. The maximum Gasteiger partial charge on any atom is 0.264 e. The first-order valence-electron chi connectivity index (χ1n) is 7.97. The molecule has 26 heavy (non-hydrogen) atoms. The Morgan fingerprint density at radius 3 is 2.69 bits per heavy atom. The molecule has 0 fully saturated rings. The molecule has 0 aliphatic carbocycles. The fraction of sp³-hybridized carbons (Fsp3) is 0.158. The van der Waals surface area contributed by atoms with Crippen molar-refractivity contribution in [1.82, 2.24) is 4.98 Å². The largest absolute Gasteiger partial charge is 0.482 e. The molecule has 0 aliphatic heterocycles. The molecule has 1 amide bonds. The molecule has 0 atom stereocenters. The molecular formula is C19H16Cl2N2O2S. The monoisotopic (exact) mass is 406 g/mol. The highest BCUT2D eigenvalue weighted by molar-refractivity contribution is 7.14. The van der Waals surface area contributed by atoms with E-state index in [1.165, 1.54) is 16.9 Å². The molecule has 1 aromatic heterocycles. The van der Waals surface area contributed by atoms with E-state index in [1.54, 1.807) is 18.2 Å². The lowest BCUT2D eigenvalue weighted by Gasteiger charge is -2.07. The van der Waals surface area contributed by atoms with Gasteiger partial charge in [-0.15, -0.1) is 11.3 Å². The number of aryl methyl sites for hydroxylation is 1. The molecule has 0 bridgehead atoms. The molecule has 0 aliphatic rings. The second-order valence-electron chi connectivity index (χ2n) is 5.50. The third kappa shape index (κ3) is 4.75. The number of nitrogens with zero attached hydrogens (tertiary/aromatic N) is 1. The number of rotatable bonds is 6. The summed E-state index contributed by atoms with van der Waals surface area (Å²) in [4.78, 5) is 16.5. The van der Waals surface area contributed by atoms with Gasteiger partial charge in [-0.05, 0) is 24.1 Å². The van der Waals surface area contributed by atoms with Gasteiger partial charge in [0, 0.05) is 22.0 Å². The first-order valence-corrected chi connectivity index (χ1v) is 9.61. The van der Waals surface area contributed by atoms with Crippen LogP contribution in [0.2, 0.25) is 10.0 Å². The molecule has 0 radical (unpaired) electrons. The highest BCUT2D eigenvalue weighted by Gasteiger charge is 2.10. The van der Waals surface area contributed by atoms with Gasteiger partial charge in [-0.1, -0.05) is 54.4 Å². The molecule has 134 valence electrons. The zero-order chi connectivity index (χ0) is 18.5. The van der Waals surface area contributed by atoms with Gasteiger partial charge in [-0.25, -0.2) is 4.98 Å². The van der Waals surface area contributed by atoms with Crippen LogP contribution in [-0.2, 0) is 11.2 Å². The Labute approximate surface area is 165 Å². The van der Waals surface area contributed by atoms with Gasteiger partial charge in [0.1, 0.15) is 5.75 Å². The lowest BCUT2D eigenvalue weighted by molar-refractivity contribution is -0.118. The minimum absolute atomic E-state index is 0.180. The quantitative estimate of drug-likeness (QED) is 0.571. The van der Waals surface area contributed by atoms with Crippen molar-refractivity contribution >= 4 is 45.6 Å². The van der Waals surface area contributed by atoms with E-state index >= 15 is 0 Å². The van der Waals surface area contributed by atoms with Gasteiger partial charge in [0.25, 0.3) is 5.91 Å². The topological polar surface area (TPSA) is 51.2 Å². The number of hydrogen-bond donors (Lipinski definition) is 1. The number of ether oxygens (including phenoxy) is 1. The number of carbonyl (C=O) groups excluding carboxylic acids is 1. The van der Waals surface area contributed by atoms with Crippen molar-refractivity contribution < 1.29 is 9.53 Å². The van der Waals surface area contributed by atoms with Gasteiger partial charge >= 0.3 is 0 Å². The Bertz CT molecular complexity index is 910. The summed E-state index contributed by atoms with van der Waals surface area (Å²) < 4.78 is 5.42. The predicted molar refractivity (Wildman–Crippen MR) is 108 cm³/mol. The van der Waals surface area contributed by atoms with Crippen LogP contribution in [0.5, 0.6) is 5.75 Å². The van der Waals surface area contributed by atoms with Crippen LogP contribution in [0, 0.1) is 0 Å². The van der Waals surface area contributed by atoms with Gasteiger partial charge in [0.15, 0.2) is 11.7 Å². The number of thiazole rings is 1. The summed E-state index contributed by atoms with van der Waals surface area (Å²) in [5, 5.41) is 6.04. The van der Waals surface area contributed by atoms with Crippen molar-refractivity contribution in [3.05, 3.63) is 63.5 Å². The van der Waals surface area contributed by atoms with Crippen LogP contribution in [0.1, 0.15) is 12.5 Å². The molecule has 0 unspecified atom stereocenters. The summed E-state index contributed by atoms with van der Waals surface area (Å²) in [6, 6.07) is 13.1. The molecule has 0 saturated carbocycles. The van der Waals surface area contributed by atoms with Crippen molar-refractivity contribution in [2.45, 2.75) is 13.3 Å². The van der Waals surface area contributed by atoms with Crippen LogP contribution in [0.25, 0.3) is 11.3 Å². The molecule has 3 aromatic rings. The van der Waals surface area contributed by atoms with E-state index < -0.39 is 0 Å². The van der Waals surface area contributed by atoms with Gasteiger partial charge in [-0.3, -0.25) is 10.1 Å². The Kier molecular flexibility index (Phi) is 6.14. The lowest BCUT2D eigenvalue weighted by atomic mass is 10.1. The third-order valence-corrected chi connectivity index (χ3v) is 4.97. The second-order valence-corrected chi connectivity index (χ2v) is 7.20. The summed E-state index contributed by atoms with van der Waals surface area (Å²) in [5.41, 5.74) is 3.11. The number of anilines is 1. The summed E-state index contributed by atoms with van der Waals surface area (Å²) in [6.45, 7) is 1.93. The Morgan fingerprint density at radius 2 is 1.96 bits per heavy atom. The first kappa shape index (κ1) is 18.7. The number of aromatic nitrogens is 1. The van der Waals surface area contributed by atoms with Crippen LogP contribution in [0.3, 0.4) is 0 Å². The second kappa shape index (κ2) is 8.54. The van der Waals surface area contributed by atoms with Crippen LogP contribution < -0.4 is 10.1 Å². The average Bonchev–Trinajstić information content (AvgIpc) is 3.11. The van der Waals surface area contributed by atoms with Crippen LogP contribution in [0.4, 0.5) is 5.13 Å². The molecule has 0 spiro atoms. The van der Waals surface area contributed by atoms with Crippen LogP contribution in [-0.4, -0.2) is 17.5 Å². The van der Waals surface area contributed by atoms with Crippen molar-refractivity contribution in [3.63, 3.8) is 0 Å². The van der Waals surface area contributed by atoms with E-state index in [4.69, 9.17) is 27.9 Å². The van der Waals surface area contributed by atoms with Crippen LogP contribution in [0.15, 0.2) is 47.8 Å². The zero-order valence-corrected chi connectivity index (χ0v) is 16.3. The van der Waals surface area contributed by atoms with Gasteiger partial charge in [-0.2, -0.15) is 0 Å². The van der Waals surface area contributed by atoms with Gasteiger partial charge in [0.05, 0.1) is 10.7 Å². The summed E-state index contributed by atoms with van der Waals surface area (Å²) >= 11 is 13.3. The number of halogens is 2. The minimum Gasteiger partial charge on any atom is -0.482 e. The van der Waals surface area contributed by atoms with Gasteiger partial charge in [0.2, 0.25) is 0 Å². The number of amides is 1. The minimum atomic E-state index is -0.316. The van der Waals surface area contributed by atoms with Crippen molar-refractivity contribution in [3.8, 4) is 17.0 Å². The number of carbonyl (C=O) groups is 1. The number of benzene rings is 2. The van der Waals surface area contributed by atoms with Crippen molar-refractivity contribution in [2.75, 3.05) is 11.9 Å². The SMILES string of the molecule is CCc1ccc(-c2csc(NC(=O)COc3cc(Cl)ccc3Cl)n2)cc1.